The quantitative estimate of drug-likeness (QED) is 0.840. The summed E-state index contributed by atoms with van der Waals surface area (Å²) in [7, 11) is -1.76. The zero-order valence-corrected chi connectivity index (χ0v) is 13.9. The van der Waals surface area contributed by atoms with Crippen molar-refractivity contribution < 1.29 is 13.2 Å². The molecule has 0 aliphatic carbocycles. The van der Waals surface area contributed by atoms with Gasteiger partial charge in [0.25, 0.3) is 0 Å². The van der Waals surface area contributed by atoms with Gasteiger partial charge in [0.1, 0.15) is 0 Å². The average Bonchev–Trinajstić information content (AvgIpc) is 2.48. The molecule has 21 heavy (non-hydrogen) atoms. The molecular formula is C16H25NO3S. The number of sulfonamides is 1. The van der Waals surface area contributed by atoms with E-state index < -0.39 is 10.0 Å². The molecule has 1 aromatic carbocycles. The third-order valence-electron chi connectivity index (χ3n) is 4.23. The van der Waals surface area contributed by atoms with Crippen LogP contribution in [0.15, 0.2) is 23.1 Å². The minimum Gasteiger partial charge on any atom is -0.378 e. The molecule has 0 radical (unpaired) electrons. The van der Waals surface area contributed by atoms with Gasteiger partial charge in [-0.3, -0.25) is 0 Å². The summed E-state index contributed by atoms with van der Waals surface area (Å²) in [5.41, 5.74) is 2.10. The summed E-state index contributed by atoms with van der Waals surface area (Å²) in [5.74, 6) is 0. The maximum Gasteiger partial charge on any atom is 0.242 e. The van der Waals surface area contributed by atoms with Gasteiger partial charge in [-0.25, -0.2) is 12.7 Å². The van der Waals surface area contributed by atoms with Crippen molar-refractivity contribution in [1.82, 2.24) is 4.31 Å². The maximum absolute atomic E-state index is 12.6. The Morgan fingerprint density at radius 1 is 1.24 bits per heavy atom. The number of hydrogen-bond donors (Lipinski definition) is 0. The van der Waals surface area contributed by atoms with Crippen molar-refractivity contribution in [2.45, 2.75) is 50.5 Å². The number of aryl methyl sites for hydroxylation is 2. The number of hydrogen-bond acceptors (Lipinski definition) is 3. The molecule has 5 heteroatoms. The van der Waals surface area contributed by atoms with Gasteiger partial charge in [-0.1, -0.05) is 6.07 Å². The Bertz CT molecular complexity index is 577. The molecular weight excluding hydrogens is 286 g/mol. The van der Waals surface area contributed by atoms with Gasteiger partial charge in [-0.15, -0.1) is 0 Å². The molecule has 4 nitrogen and oxygen atoms in total. The highest BCUT2D eigenvalue weighted by Crippen LogP contribution is 2.20. The summed E-state index contributed by atoms with van der Waals surface area (Å²) in [5, 5.41) is 0. The van der Waals surface area contributed by atoms with Gasteiger partial charge >= 0.3 is 0 Å². The van der Waals surface area contributed by atoms with E-state index in [-0.39, 0.29) is 6.10 Å². The van der Waals surface area contributed by atoms with Gasteiger partial charge in [0, 0.05) is 20.2 Å². The molecule has 1 aliphatic rings. The van der Waals surface area contributed by atoms with Gasteiger partial charge in [0.2, 0.25) is 10.0 Å². The smallest absolute Gasteiger partial charge is 0.242 e. The molecule has 0 aromatic heterocycles. The van der Waals surface area contributed by atoms with E-state index in [0.717, 1.165) is 37.0 Å². The lowest BCUT2D eigenvalue weighted by molar-refractivity contribution is 0.00950. The van der Waals surface area contributed by atoms with Crippen molar-refractivity contribution in [3.8, 4) is 0 Å². The largest absolute Gasteiger partial charge is 0.378 e. The van der Waals surface area contributed by atoms with E-state index >= 15 is 0 Å². The molecule has 0 N–H and O–H groups in total. The van der Waals surface area contributed by atoms with Crippen molar-refractivity contribution in [1.29, 1.82) is 0 Å². The predicted octanol–water partition coefficient (Wildman–Crippen LogP) is 2.88. The fourth-order valence-electron chi connectivity index (χ4n) is 2.54. The lowest BCUT2D eigenvalue weighted by Gasteiger charge is -2.25. The van der Waals surface area contributed by atoms with Crippen LogP contribution in [0, 0.1) is 13.8 Å². The van der Waals surface area contributed by atoms with Crippen LogP contribution in [0.2, 0.25) is 0 Å². The summed E-state index contributed by atoms with van der Waals surface area (Å²) in [4.78, 5) is 0.373. The molecule has 0 spiro atoms. The van der Waals surface area contributed by atoms with Gasteiger partial charge in [0.15, 0.2) is 0 Å². The van der Waals surface area contributed by atoms with Gasteiger partial charge in [0.05, 0.1) is 11.0 Å². The third-order valence-corrected chi connectivity index (χ3v) is 6.08. The summed E-state index contributed by atoms with van der Waals surface area (Å²) in [6, 6.07) is 5.30. The van der Waals surface area contributed by atoms with Gasteiger partial charge in [-0.05, 0) is 62.8 Å². The van der Waals surface area contributed by atoms with E-state index in [0.29, 0.717) is 11.4 Å². The van der Waals surface area contributed by atoms with Crippen LogP contribution >= 0.6 is 0 Å². The first-order chi connectivity index (χ1) is 9.91. The first-order valence-corrected chi connectivity index (χ1v) is 9.00. The van der Waals surface area contributed by atoms with E-state index in [1.807, 2.05) is 19.9 Å². The molecule has 0 bridgehead atoms. The maximum atomic E-state index is 12.6. The SMILES string of the molecule is Cc1ccc(S(=O)(=O)N(C)CCC2CCCCO2)cc1C. The second-order valence-corrected chi connectivity index (χ2v) is 7.89. The van der Waals surface area contributed by atoms with Crippen LogP contribution in [0.4, 0.5) is 0 Å². The lowest BCUT2D eigenvalue weighted by Crippen LogP contribution is -2.31. The monoisotopic (exact) mass is 311 g/mol. The van der Waals surface area contributed by atoms with E-state index in [2.05, 4.69) is 0 Å². The van der Waals surface area contributed by atoms with Gasteiger partial charge in [-0.2, -0.15) is 0 Å². The predicted molar refractivity (Wildman–Crippen MR) is 83.9 cm³/mol. The highest BCUT2D eigenvalue weighted by Gasteiger charge is 2.23. The Morgan fingerprint density at radius 3 is 2.62 bits per heavy atom. The van der Waals surface area contributed by atoms with E-state index in [4.69, 9.17) is 4.74 Å². The molecule has 1 aromatic rings. The average molecular weight is 311 g/mol. The molecule has 1 atom stereocenters. The topological polar surface area (TPSA) is 46.6 Å². The van der Waals surface area contributed by atoms with E-state index in [9.17, 15) is 8.42 Å². The highest BCUT2D eigenvalue weighted by atomic mass is 32.2. The van der Waals surface area contributed by atoms with Crippen LogP contribution in [0.25, 0.3) is 0 Å². The summed E-state index contributed by atoms with van der Waals surface area (Å²) in [6.45, 7) is 5.22. The zero-order valence-electron chi connectivity index (χ0n) is 13.1. The Balaban J connectivity index is 2.02. The Hall–Kier alpha value is -0.910. The van der Waals surface area contributed by atoms with Crippen molar-refractivity contribution in [3.63, 3.8) is 0 Å². The fourth-order valence-corrected chi connectivity index (χ4v) is 3.81. The fraction of sp³-hybridized carbons (Fsp3) is 0.625. The number of ether oxygens (including phenoxy) is 1. The standard InChI is InChI=1S/C16H25NO3S/c1-13-7-8-16(12-14(13)2)21(18,19)17(3)10-9-15-6-4-5-11-20-15/h7-8,12,15H,4-6,9-11H2,1-3H3. The molecule has 1 unspecified atom stereocenters. The van der Waals surface area contributed by atoms with Gasteiger partial charge < -0.3 is 4.74 Å². The molecule has 118 valence electrons. The second kappa shape index (κ2) is 6.90. The number of benzene rings is 1. The summed E-state index contributed by atoms with van der Waals surface area (Å²) < 4.78 is 32.2. The molecule has 0 amide bonds. The molecule has 2 rings (SSSR count). The minimum atomic E-state index is -3.40. The molecule has 1 saturated heterocycles. The van der Waals surface area contributed by atoms with Crippen molar-refractivity contribution in [2.24, 2.45) is 0 Å². The minimum absolute atomic E-state index is 0.205. The van der Waals surface area contributed by atoms with E-state index in [1.165, 1.54) is 10.7 Å². The molecule has 0 saturated carbocycles. The Kier molecular flexibility index (Phi) is 5.41. The van der Waals surface area contributed by atoms with Crippen molar-refractivity contribution in [3.05, 3.63) is 29.3 Å². The normalized spacial score (nSPS) is 19.9. The van der Waals surface area contributed by atoms with Crippen LogP contribution in [0.5, 0.6) is 0 Å². The third kappa shape index (κ3) is 4.05. The molecule has 1 aliphatic heterocycles. The zero-order chi connectivity index (χ0) is 15.5. The second-order valence-electron chi connectivity index (χ2n) is 5.85. The van der Waals surface area contributed by atoms with Crippen molar-refractivity contribution >= 4 is 10.0 Å². The lowest BCUT2D eigenvalue weighted by atomic mass is 10.1. The summed E-state index contributed by atoms with van der Waals surface area (Å²) in [6.07, 6.45) is 4.31. The van der Waals surface area contributed by atoms with Crippen LogP contribution in [-0.2, 0) is 14.8 Å². The Labute approximate surface area is 128 Å². The summed E-state index contributed by atoms with van der Waals surface area (Å²) >= 11 is 0. The van der Waals surface area contributed by atoms with Crippen molar-refractivity contribution in [2.75, 3.05) is 20.2 Å². The first kappa shape index (κ1) is 16.5. The van der Waals surface area contributed by atoms with Crippen LogP contribution in [-0.4, -0.2) is 39.0 Å². The van der Waals surface area contributed by atoms with Crippen LogP contribution < -0.4 is 0 Å². The van der Waals surface area contributed by atoms with Crippen LogP contribution in [0.1, 0.15) is 36.8 Å². The first-order valence-electron chi connectivity index (χ1n) is 7.56. The molecule has 1 fully saturated rings. The Morgan fingerprint density at radius 2 is 2.00 bits per heavy atom. The number of rotatable bonds is 5. The van der Waals surface area contributed by atoms with Crippen LogP contribution in [0.3, 0.4) is 0 Å². The van der Waals surface area contributed by atoms with E-state index in [1.54, 1.807) is 19.2 Å². The molecule has 1 heterocycles. The highest BCUT2D eigenvalue weighted by molar-refractivity contribution is 7.89. The number of nitrogens with zero attached hydrogens (tertiary/aromatic N) is 1.